The van der Waals surface area contributed by atoms with Gasteiger partial charge in [0.1, 0.15) is 0 Å². The molecule has 0 radical (unpaired) electrons. The molecule has 0 aliphatic carbocycles. The Hall–Kier alpha value is -1.63. The highest BCUT2D eigenvalue weighted by Crippen LogP contribution is 2.02. The maximum absolute atomic E-state index is 2.22. The van der Waals surface area contributed by atoms with Gasteiger partial charge in [-0.25, -0.2) is 4.57 Å². The van der Waals surface area contributed by atoms with Crippen LogP contribution in [0, 0.1) is 21.3 Å². The smallest absolute Gasteiger partial charge is 0.173 e. The van der Waals surface area contributed by atoms with Gasteiger partial charge in [0.15, 0.2) is 18.9 Å². The first kappa shape index (κ1) is 12.4. The number of hydrogen-bond donors (Lipinski definition) is 0. The third kappa shape index (κ3) is 2.93. The molecule has 0 bridgehead atoms. The molecular formula is C15H19N. The maximum Gasteiger partial charge on any atom is 0.173 e. The van der Waals surface area contributed by atoms with E-state index in [-0.39, 0.29) is 7.43 Å². The van der Waals surface area contributed by atoms with Crippen molar-refractivity contribution in [3.8, 4) is 0 Å². The number of aryl methyl sites for hydroxylation is 2. The second kappa shape index (κ2) is 5.45. The molecule has 0 N–H and O–H groups in total. The molecule has 0 atom stereocenters. The Bertz CT molecular complexity index is 446. The summed E-state index contributed by atoms with van der Waals surface area (Å²) in [7, 11) is 0. The molecule has 2 rings (SSSR count). The largest absolute Gasteiger partial charge is 0.358 e. The van der Waals surface area contributed by atoms with Crippen molar-refractivity contribution >= 4 is 0 Å². The molecule has 0 spiro atoms. The number of pyridine rings is 1. The Morgan fingerprint density at radius 1 is 0.938 bits per heavy atom. The van der Waals surface area contributed by atoms with E-state index in [0.29, 0.717) is 0 Å². The first-order valence-corrected chi connectivity index (χ1v) is 5.26. The fourth-order valence-electron chi connectivity index (χ4n) is 1.63. The highest BCUT2D eigenvalue weighted by molar-refractivity contribution is 5.17. The maximum atomic E-state index is 2.22. The van der Waals surface area contributed by atoms with Crippen molar-refractivity contribution in [1.29, 1.82) is 0 Å². The van der Waals surface area contributed by atoms with Crippen molar-refractivity contribution in [3.05, 3.63) is 72.9 Å². The fourth-order valence-corrected chi connectivity index (χ4v) is 1.63. The first-order valence-electron chi connectivity index (χ1n) is 5.26. The summed E-state index contributed by atoms with van der Waals surface area (Å²) in [6, 6.07) is 12.7. The standard InChI is InChI=1S/C14H16N.CH3/c1-12-8-9-15(10-13(12)2)11-14-6-4-3-5-7-14;/h3-10H,11H2,1-2H3;1H3/q+1;-1. The van der Waals surface area contributed by atoms with Gasteiger partial charge < -0.3 is 7.43 Å². The molecule has 1 heterocycles. The Kier molecular flexibility index (Phi) is 4.24. The number of hydrogen-bond acceptors (Lipinski definition) is 0. The van der Waals surface area contributed by atoms with E-state index >= 15 is 0 Å². The molecule has 84 valence electrons. The van der Waals surface area contributed by atoms with E-state index in [1.165, 1.54) is 16.7 Å². The van der Waals surface area contributed by atoms with E-state index in [1.54, 1.807) is 0 Å². The lowest BCUT2D eigenvalue weighted by molar-refractivity contribution is -0.688. The molecule has 0 saturated heterocycles. The Morgan fingerprint density at radius 2 is 1.62 bits per heavy atom. The number of rotatable bonds is 2. The Balaban J connectivity index is 0.00000128. The zero-order valence-electron chi connectivity index (χ0n) is 10.3. The molecule has 16 heavy (non-hydrogen) atoms. The average Bonchev–Trinajstić information content (AvgIpc) is 2.25. The van der Waals surface area contributed by atoms with Gasteiger partial charge in [0.25, 0.3) is 0 Å². The van der Waals surface area contributed by atoms with E-state index in [4.69, 9.17) is 0 Å². The van der Waals surface area contributed by atoms with Gasteiger partial charge in [0.05, 0.1) is 0 Å². The van der Waals surface area contributed by atoms with Crippen LogP contribution in [0.2, 0.25) is 0 Å². The minimum absolute atomic E-state index is 0. The lowest BCUT2D eigenvalue weighted by Gasteiger charge is -2.00. The van der Waals surface area contributed by atoms with Gasteiger partial charge in [0, 0.05) is 17.2 Å². The summed E-state index contributed by atoms with van der Waals surface area (Å²) >= 11 is 0. The summed E-state index contributed by atoms with van der Waals surface area (Å²) < 4.78 is 2.22. The Morgan fingerprint density at radius 3 is 2.25 bits per heavy atom. The van der Waals surface area contributed by atoms with Crippen molar-refractivity contribution < 1.29 is 4.57 Å². The van der Waals surface area contributed by atoms with E-state index in [9.17, 15) is 0 Å². The second-order valence-electron chi connectivity index (χ2n) is 3.97. The van der Waals surface area contributed by atoms with Crippen LogP contribution in [-0.2, 0) is 6.54 Å². The zero-order chi connectivity index (χ0) is 10.7. The third-order valence-electron chi connectivity index (χ3n) is 2.71. The van der Waals surface area contributed by atoms with Crippen molar-refractivity contribution in [2.75, 3.05) is 0 Å². The van der Waals surface area contributed by atoms with Gasteiger partial charge in [-0.3, -0.25) is 0 Å². The topological polar surface area (TPSA) is 3.88 Å². The molecule has 0 aliphatic heterocycles. The van der Waals surface area contributed by atoms with Crippen LogP contribution in [0.25, 0.3) is 0 Å². The predicted octanol–water partition coefficient (Wildman–Crippen LogP) is 3.09. The molecule has 2 aromatic rings. The van der Waals surface area contributed by atoms with Crippen LogP contribution in [0.1, 0.15) is 16.7 Å². The third-order valence-corrected chi connectivity index (χ3v) is 2.71. The summed E-state index contributed by atoms with van der Waals surface area (Å²) in [6.45, 7) is 5.24. The average molecular weight is 213 g/mol. The van der Waals surface area contributed by atoms with Crippen molar-refractivity contribution in [2.24, 2.45) is 0 Å². The lowest BCUT2D eigenvalue weighted by atomic mass is 10.2. The number of benzene rings is 1. The number of aromatic nitrogens is 1. The summed E-state index contributed by atoms with van der Waals surface area (Å²) in [6.07, 6.45) is 4.33. The van der Waals surface area contributed by atoms with Gasteiger partial charge in [-0.2, -0.15) is 0 Å². The minimum atomic E-state index is 0. The molecule has 0 saturated carbocycles. The van der Waals surface area contributed by atoms with Crippen LogP contribution in [0.3, 0.4) is 0 Å². The van der Waals surface area contributed by atoms with Crippen LogP contribution >= 0.6 is 0 Å². The molecule has 0 fully saturated rings. The van der Waals surface area contributed by atoms with Crippen LogP contribution in [-0.4, -0.2) is 0 Å². The normalized spacial score (nSPS) is 9.62. The molecule has 0 amide bonds. The first-order chi connectivity index (χ1) is 7.25. The van der Waals surface area contributed by atoms with Gasteiger partial charge in [-0.15, -0.1) is 0 Å². The fraction of sp³-hybridized carbons (Fsp3) is 0.200. The van der Waals surface area contributed by atoms with E-state index in [1.807, 2.05) is 0 Å². The molecule has 0 aliphatic rings. The minimum Gasteiger partial charge on any atom is -0.358 e. The van der Waals surface area contributed by atoms with Crippen molar-refractivity contribution in [1.82, 2.24) is 0 Å². The van der Waals surface area contributed by atoms with Gasteiger partial charge in [0.2, 0.25) is 0 Å². The Labute approximate surface area is 98.4 Å². The molecule has 1 aromatic heterocycles. The van der Waals surface area contributed by atoms with Crippen LogP contribution in [0.5, 0.6) is 0 Å². The highest BCUT2D eigenvalue weighted by atomic mass is 14.9. The summed E-state index contributed by atoms with van der Waals surface area (Å²) in [5.41, 5.74) is 4.03. The quantitative estimate of drug-likeness (QED) is 0.533. The van der Waals surface area contributed by atoms with Crippen LogP contribution in [0.15, 0.2) is 48.8 Å². The van der Waals surface area contributed by atoms with Gasteiger partial charge in [-0.1, -0.05) is 30.3 Å². The zero-order valence-corrected chi connectivity index (χ0v) is 10.3. The van der Waals surface area contributed by atoms with Gasteiger partial charge in [-0.05, 0) is 19.4 Å². The summed E-state index contributed by atoms with van der Waals surface area (Å²) in [4.78, 5) is 0. The van der Waals surface area contributed by atoms with Crippen molar-refractivity contribution in [3.63, 3.8) is 0 Å². The summed E-state index contributed by atoms with van der Waals surface area (Å²) in [5.74, 6) is 0. The highest BCUT2D eigenvalue weighted by Gasteiger charge is 2.03. The predicted molar refractivity (Wildman–Crippen MR) is 68.1 cm³/mol. The van der Waals surface area contributed by atoms with E-state index in [0.717, 1.165) is 6.54 Å². The monoisotopic (exact) mass is 213 g/mol. The summed E-state index contributed by atoms with van der Waals surface area (Å²) in [5, 5.41) is 0. The lowest BCUT2D eigenvalue weighted by Crippen LogP contribution is -2.33. The molecule has 1 heteroatoms. The molecule has 0 unspecified atom stereocenters. The van der Waals surface area contributed by atoms with Gasteiger partial charge >= 0.3 is 0 Å². The second-order valence-corrected chi connectivity index (χ2v) is 3.97. The van der Waals surface area contributed by atoms with Crippen molar-refractivity contribution in [2.45, 2.75) is 20.4 Å². The van der Waals surface area contributed by atoms with E-state index < -0.39 is 0 Å². The van der Waals surface area contributed by atoms with Crippen LogP contribution in [0.4, 0.5) is 0 Å². The molecular weight excluding hydrogens is 194 g/mol. The molecule has 1 aromatic carbocycles. The SMILES string of the molecule is Cc1cc[n+](Cc2ccccc2)cc1C.[CH3-]. The number of nitrogens with zero attached hydrogens (tertiary/aromatic N) is 1. The molecule has 1 nitrogen and oxygen atoms in total. The van der Waals surface area contributed by atoms with Crippen LogP contribution < -0.4 is 4.57 Å². The van der Waals surface area contributed by atoms with E-state index in [2.05, 4.69) is 67.2 Å².